The molecular weight excluding hydrogens is 318 g/mol. The molecule has 1 heterocycles. The lowest BCUT2D eigenvalue weighted by Gasteiger charge is -2.06. The van der Waals surface area contributed by atoms with Crippen LogP contribution in [-0.4, -0.2) is 32.1 Å². The fourth-order valence-corrected chi connectivity index (χ4v) is 2.19. The van der Waals surface area contributed by atoms with Crippen molar-refractivity contribution in [1.82, 2.24) is 10.4 Å². The zero-order chi connectivity index (χ0) is 16.7. The van der Waals surface area contributed by atoms with Crippen LogP contribution in [0.5, 0.6) is 0 Å². The molecule has 0 spiro atoms. The van der Waals surface area contributed by atoms with Gasteiger partial charge < -0.3 is 5.32 Å². The molecule has 0 saturated carbocycles. The summed E-state index contributed by atoms with van der Waals surface area (Å²) in [4.78, 5) is 15.5. The van der Waals surface area contributed by atoms with Gasteiger partial charge in [0, 0.05) is 18.1 Å². The van der Waals surface area contributed by atoms with E-state index in [-0.39, 0.29) is 17.3 Å². The molecule has 0 fully saturated rings. The monoisotopic (exact) mass is 333 g/mol. The first-order valence-corrected chi connectivity index (χ1v) is 8.08. The average Bonchev–Trinajstić information content (AvgIpc) is 2.53. The number of carbonyl (C=O) groups excluding carboxylic acids is 1. The van der Waals surface area contributed by atoms with Crippen molar-refractivity contribution in [3.8, 4) is 0 Å². The predicted octanol–water partition coefficient (Wildman–Crippen LogP) is 0.291. The highest BCUT2D eigenvalue weighted by Crippen LogP contribution is 2.13. The van der Waals surface area contributed by atoms with E-state index in [1.54, 1.807) is 30.6 Å². The fraction of sp³-hybridized carbons (Fsp3) is 0.0714. The number of benzene rings is 1. The number of nitrogens with two attached hydrogens (primary N) is 1. The number of primary sulfonamides is 1. The van der Waals surface area contributed by atoms with Gasteiger partial charge in [0.1, 0.15) is 0 Å². The Bertz CT molecular complexity index is 806. The zero-order valence-electron chi connectivity index (χ0n) is 12.0. The van der Waals surface area contributed by atoms with Crippen LogP contribution in [0.3, 0.4) is 0 Å². The molecular formula is C14H15N5O3S. The number of rotatable bonds is 6. The molecule has 0 aliphatic heterocycles. The first-order valence-electron chi connectivity index (χ1n) is 6.54. The van der Waals surface area contributed by atoms with Crippen LogP contribution in [0.1, 0.15) is 5.56 Å². The quantitative estimate of drug-likeness (QED) is 0.517. The summed E-state index contributed by atoms with van der Waals surface area (Å²) in [6.45, 7) is -0.0677. The molecule has 0 bridgehead atoms. The number of hydrogen-bond acceptors (Lipinski definition) is 6. The molecule has 1 amide bonds. The van der Waals surface area contributed by atoms with Gasteiger partial charge in [0.15, 0.2) is 0 Å². The van der Waals surface area contributed by atoms with Gasteiger partial charge in [-0.3, -0.25) is 9.78 Å². The molecule has 4 N–H and O–H groups in total. The van der Waals surface area contributed by atoms with Crippen LogP contribution in [0.15, 0.2) is 58.8 Å². The number of hydrogen-bond donors (Lipinski definition) is 3. The summed E-state index contributed by atoms with van der Waals surface area (Å²) < 4.78 is 22.5. The summed E-state index contributed by atoms with van der Waals surface area (Å²) in [6, 6.07) is 9.37. The second kappa shape index (κ2) is 7.47. The van der Waals surface area contributed by atoms with Crippen molar-refractivity contribution in [3.05, 3.63) is 54.4 Å². The largest absolute Gasteiger partial charge is 0.376 e. The highest BCUT2D eigenvalue weighted by molar-refractivity contribution is 7.89. The fourth-order valence-electron chi connectivity index (χ4n) is 1.63. The van der Waals surface area contributed by atoms with Crippen molar-refractivity contribution < 1.29 is 13.2 Å². The lowest BCUT2D eigenvalue weighted by molar-refractivity contribution is -0.119. The molecule has 0 saturated heterocycles. The standard InChI is InChI=1S/C14H15N5O3S/c15-23(21,22)13-3-1-2-12(8-13)17-10-14(20)19-18-9-11-4-6-16-7-5-11/h1-9,17H,10H2,(H,19,20)(H2,15,21,22). The van der Waals surface area contributed by atoms with E-state index in [2.05, 4.69) is 20.8 Å². The Labute approximate surface area is 133 Å². The van der Waals surface area contributed by atoms with Gasteiger partial charge in [0.2, 0.25) is 10.0 Å². The maximum Gasteiger partial charge on any atom is 0.259 e. The summed E-state index contributed by atoms with van der Waals surface area (Å²) in [7, 11) is -3.78. The lowest BCUT2D eigenvalue weighted by atomic mass is 10.3. The van der Waals surface area contributed by atoms with E-state index in [0.29, 0.717) is 5.69 Å². The molecule has 8 nitrogen and oxygen atoms in total. The Morgan fingerprint density at radius 3 is 2.70 bits per heavy atom. The maximum absolute atomic E-state index is 11.6. The smallest absolute Gasteiger partial charge is 0.259 e. The number of hydrazone groups is 1. The predicted molar refractivity (Wildman–Crippen MR) is 86.3 cm³/mol. The Morgan fingerprint density at radius 2 is 2.00 bits per heavy atom. The van der Waals surface area contributed by atoms with E-state index in [1.807, 2.05) is 0 Å². The Balaban J connectivity index is 1.86. The number of anilines is 1. The van der Waals surface area contributed by atoms with Gasteiger partial charge in [-0.05, 0) is 35.9 Å². The molecule has 120 valence electrons. The van der Waals surface area contributed by atoms with Crippen molar-refractivity contribution in [2.45, 2.75) is 4.90 Å². The lowest BCUT2D eigenvalue weighted by Crippen LogP contribution is -2.26. The first kappa shape index (κ1) is 16.6. The molecule has 23 heavy (non-hydrogen) atoms. The molecule has 0 aliphatic rings. The highest BCUT2D eigenvalue weighted by atomic mass is 32.2. The van der Waals surface area contributed by atoms with Gasteiger partial charge in [-0.1, -0.05) is 6.07 Å². The van der Waals surface area contributed by atoms with Crippen LogP contribution in [0.4, 0.5) is 5.69 Å². The average molecular weight is 333 g/mol. The summed E-state index contributed by atoms with van der Waals surface area (Å²) in [5, 5.41) is 11.6. The Hall–Kier alpha value is -2.78. The number of nitrogens with zero attached hydrogens (tertiary/aromatic N) is 2. The van der Waals surface area contributed by atoms with E-state index in [4.69, 9.17) is 5.14 Å². The minimum atomic E-state index is -3.78. The van der Waals surface area contributed by atoms with Crippen molar-refractivity contribution >= 4 is 27.8 Å². The molecule has 0 atom stereocenters. The summed E-state index contributed by atoms with van der Waals surface area (Å²) in [5.74, 6) is -0.378. The number of aromatic nitrogens is 1. The third kappa shape index (κ3) is 5.49. The van der Waals surface area contributed by atoms with Gasteiger partial charge in [0.25, 0.3) is 5.91 Å². The summed E-state index contributed by atoms with van der Waals surface area (Å²) in [5.41, 5.74) is 3.61. The molecule has 2 rings (SSSR count). The molecule has 2 aromatic rings. The van der Waals surface area contributed by atoms with E-state index < -0.39 is 10.0 Å². The second-order valence-electron chi connectivity index (χ2n) is 4.50. The van der Waals surface area contributed by atoms with E-state index in [0.717, 1.165) is 5.56 Å². The van der Waals surface area contributed by atoms with Crippen molar-refractivity contribution in [1.29, 1.82) is 0 Å². The Kier molecular flexibility index (Phi) is 5.39. The van der Waals surface area contributed by atoms with Gasteiger partial charge in [0.05, 0.1) is 17.7 Å². The van der Waals surface area contributed by atoms with E-state index >= 15 is 0 Å². The van der Waals surface area contributed by atoms with Gasteiger partial charge in [-0.2, -0.15) is 5.10 Å². The highest BCUT2D eigenvalue weighted by Gasteiger charge is 2.08. The molecule has 0 unspecified atom stereocenters. The van der Waals surface area contributed by atoms with Crippen molar-refractivity contribution in [2.75, 3.05) is 11.9 Å². The minimum absolute atomic E-state index is 0.0291. The van der Waals surface area contributed by atoms with Gasteiger partial charge in [-0.25, -0.2) is 19.0 Å². The third-order valence-electron chi connectivity index (χ3n) is 2.72. The molecule has 1 aromatic heterocycles. The number of carbonyl (C=O) groups is 1. The normalized spacial score (nSPS) is 11.3. The molecule has 0 radical (unpaired) electrons. The van der Waals surface area contributed by atoms with Crippen LogP contribution >= 0.6 is 0 Å². The van der Waals surface area contributed by atoms with E-state index in [1.165, 1.54) is 24.4 Å². The molecule has 0 aliphatic carbocycles. The Morgan fingerprint density at radius 1 is 1.26 bits per heavy atom. The number of amides is 1. The molecule has 9 heteroatoms. The van der Waals surface area contributed by atoms with Crippen LogP contribution in [-0.2, 0) is 14.8 Å². The van der Waals surface area contributed by atoms with Crippen molar-refractivity contribution in [2.24, 2.45) is 10.2 Å². The summed E-state index contributed by atoms with van der Waals surface area (Å²) >= 11 is 0. The van der Waals surface area contributed by atoms with Gasteiger partial charge >= 0.3 is 0 Å². The third-order valence-corrected chi connectivity index (χ3v) is 3.64. The SMILES string of the molecule is NS(=O)(=O)c1cccc(NCC(=O)NN=Cc2ccncc2)c1. The van der Waals surface area contributed by atoms with Crippen LogP contribution < -0.4 is 15.9 Å². The van der Waals surface area contributed by atoms with Gasteiger partial charge in [-0.15, -0.1) is 0 Å². The minimum Gasteiger partial charge on any atom is -0.376 e. The first-order chi connectivity index (χ1) is 10.9. The topological polar surface area (TPSA) is 127 Å². The number of pyridine rings is 1. The van der Waals surface area contributed by atoms with Crippen molar-refractivity contribution in [3.63, 3.8) is 0 Å². The number of nitrogens with one attached hydrogen (secondary N) is 2. The van der Waals surface area contributed by atoms with Crippen LogP contribution in [0, 0.1) is 0 Å². The number of sulfonamides is 1. The molecule has 1 aromatic carbocycles. The van der Waals surface area contributed by atoms with Crippen LogP contribution in [0.2, 0.25) is 0 Å². The van der Waals surface area contributed by atoms with Crippen LogP contribution in [0.25, 0.3) is 0 Å². The summed E-state index contributed by atoms with van der Waals surface area (Å²) in [6.07, 6.45) is 4.72. The maximum atomic E-state index is 11.6. The zero-order valence-corrected chi connectivity index (χ0v) is 12.8. The second-order valence-corrected chi connectivity index (χ2v) is 6.06. The van der Waals surface area contributed by atoms with E-state index in [9.17, 15) is 13.2 Å².